The van der Waals surface area contributed by atoms with Crippen molar-refractivity contribution in [2.45, 2.75) is 45.8 Å². The Morgan fingerprint density at radius 1 is 1.40 bits per heavy atom. The molecular weight excluding hydrogens is 320 g/mol. The van der Waals surface area contributed by atoms with Crippen LogP contribution in [0.25, 0.3) is 0 Å². The molecule has 1 saturated heterocycles. The summed E-state index contributed by atoms with van der Waals surface area (Å²) < 4.78 is 1.63. The molecule has 0 unspecified atom stereocenters. The number of carbonyl (C=O) groups excluding carboxylic acids is 2. The minimum Gasteiger partial charge on any atom is -0.352 e. The normalized spacial score (nSPS) is 16.9. The fourth-order valence-electron chi connectivity index (χ4n) is 3.13. The number of nitrogens with zero attached hydrogens (tertiary/aromatic N) is 5. The second kappa shape index (κ2) is 7.42. The molecule has 8 nitrogen and oxygen atoms in total. The molecule has 2 amide bonds. The molecular formula is C17H22N6O2. The van der Waals surface area contributed by atoms with Gasteiger partial charge in [-0.3, -0.25) is 14.3 Å². The van der Waals surface area contributed by atoms with Gasteiger partial charge < -0.3 is 10.2 Å². The summed E-state index contributed by atoms with van der Waals surface area (Å²) in [6.45, 7) is 4.59. The van der Waals surface area contributed by atoms with Crippen molar-refractivity contribution in [3.05, 3.63) is 41.7 Å². The lowest BCUT2D eigenvalue weighted by Gasteiger charge is -2.26. The molecule has 25 heavy (non-hydrogen) atoms. The number of aryl methyl sites for hydroxylation is 1. The molecule has 0 spiro atoms. The highest BCUT2D eigenvalue weighted by atomic mass is 16.2. The molecule has 2 aromatic heterocycles. The van der Waals surface area contributed by atoms with Gasteiger partial charge in [0.15, 0.2) is 0 Å². The first-order valence-corrected chi connectivity index (χ1v) is 8.38. The molecule has 1 N–H and O–H groups in total. The van der Waals surface area contributed by atoms with Crippen molar-refractivity contribution in [2.24, 2.45) is 0 Å². The maximum absolute atomic E-state index is 12.7. The summed E-state index contributed by atoms with van der Waals surface area (Å²) in [6.07, 6.45) is 6.96. The van der Waals surface area contributed by atoms with E-state index in [0.717, 1.165) is 24.1 Å². The molecule has 3 heterocycles. The first-order valence-electron chi connectivity index (χ1n) is 8.38. The van der Waals surface area contributed by atoms with E-state index < -0.39 is 0 Å². The second-order valence-corrected chi connectivity index (χ2v) is 6.19. The van der Waals surface area contributed by atoms with Crippen LogP contribution in [0.4, 0.5) is 0 Å². The third kappa shape index (κ3) is 4.01. The van der Waals surface area contributed by atoms with Crippen molar-refractivity contribution < 1.29 is 9.59 Å². The third-order valence-electron chi connectivity index (χ3n) is 4.29. The topological polar surface area (TPSA) is 93.0 Å². The zero-order chi connectivity index (χ0) is 17.8. The van der Waals surface area contributed by atoms with Crippen molar-refractivity contribution in [3.8, 4) is 0 Å². The Kier molecular flexibility index (Phi) is 5.06. The van der Waals surface area contributed by atoms with E-state index in [1.807, 2.05) is 11.8 Å². The van der Waals surface area contributed by atoms with Gasteiger partial charge in [0.05, 0.1) is 11.7 Å². The maximum Gasteiger partial charge on any atom is 0.244 e. The molecule has 132 valence electrons. The number of carbonyl (C=O) groups is 2. The molecule has 0 radical (unpaired) electrons. The first kappa shape index (κ1) is 17.1. The van der Waals surface area contributed by atoms with E-state index in [2.05, 4.69) is 20.4 Å². The lowest BCUT2D eigenvalue weighted by Crippen LogP contribution is -2.35. The Balaban J connectivity index is 1.82. The van der Waals surface area contributed by atoms with Crippen LogP contribution in [0, 0.1) is 6.92 Å². The zero-order valence-corrected chi connectivity index (χ0v) is 14.5. The van der Waals surface area contributed by atoms with E-state index in [0.29, 0.717) is 18.9 Å². The Labute approximate surface area is 146 Å². The molecule has 0 aliphatic carbocycles. The Morgan fingerprint density at radius 3 is 2.96 bits per heavy atom. The van der Waals surface area contributed by atoms with Crippen LogP contribution in [-0.2, 0) is 22.7 Å². The molecule has 0 aromatic carbocycles. The molecule has 1 aliphatic heterocycles. The quantitative estimate of drug-likeness (QED) is 0.874. The zero-order valence-electron chi connectivity index (χ0n) is 14.5. The van der Waals surface area contributed by atoms with Crippen LogP contribution in [0.5, 0.6) is 0 Å². The lowest BCUT2D eigenvalue weighted by molar-refractivity contribution is -0.133. The first-order chi connectivity index (χ1) is 12.0. The van der Waals surface area contributed by atoms with E-state index in [4.69, 9.17) is 0 Å². The number of hydrogen-bond donors (Lipinski definition) is 1. The van der Waals surface area contributed by atoms with Crippen LogP contribution in [0.1, 0.15) is 42.9 Å². The van der Waals surface area contributed by atoms with Crippen molar-refractivity contribution in [2.75, 3.05) is 6.54 Å². The SMILES string of the molecule is CC(=O)NCc1cnc(C)nc1[C@@H]1CCCN1C(=O)Cn1cccn1. The van der Waals surface area contributed by atoms with Crippen LogP contribution in [-0.4, -0.2) is 43.0 Å². The van der Waals surface area contributed by atoms with Gasteiger partial charge in [-0.15, -0.1) is 0 Å². The predicted molar refractivity (Wildman–Crippen MR) is 90.2 cm³/mol. The number of nitrogens with one attached hydrogen (secondary N) is 1. The monoisotopic (exact) mass is 342 g/mol. The molecule has 3 rings (SSSR count). The summed E-state index contributed by atoms with van der Waals surface area (Å²) in [5.41, 5.74) is 1.68. The van der Waals surface area contributed by atoms with Gasteiger partial charge in [-0.25, -0.2) is 9.97 Å². The molecule has 1 aliphatic rings. The molecule has 1 fully saturated rings. The van der Waals surface area contributed by atoms with Crippen LogP contribution < -0.4 is 5.32 Å². The Hall–Kier alpha value is -2.77. The summed E-state index contributed by atoms with van der Waals surface area (Å²) in [7, 11) is 0. The van der Waals surface area contributed by atoms with Gasteiger partial charge >= 0.3 is 0 Å². The van der Waals surface area contributed by atoms with Gasteiger partial charge in [-0.1, -0.05) is 0 Å². The maximum atomic E-state index is 12.7. The van der Waals surface area contributed by atoms with E-state index in [1.54, 1.807) is 29.3 Å². The Bertz CT molecular complexity index is 759. The van der Waals surface area contributed by atoms with Gasteiger partial charge in [0, 0.05) is 44.2 Å². The number of aromatic nitrogens is 4. The highest BCUT2D eigenvalue weighted by Crippen LogP contribution is 2.32. The van der Waals surface area contributed by atoms with Crippen molar-refractivity contribution in [1.29, 1.82) is 0 Å². The van der Waals surface area contributed by atoms with Crippen molar-refractivity contribution in [1.82, 2.24) is 30.0 Å². The van der Waals surface area contributed by atoms with E-state index in [1.165, 1.54) is 6.92 Å². The van der Waals surface area contributed by atoms with E-state index >= 15 is 0 Å². The summed E-state index contributed by atoms with van der Waals surface area (Å²) in [6, 6.07) is 1.71. The minimum atomic E-state index is -0.107. The van der Waals surface area contributed by atoms with Gasteiger partial charge in [0.25, 0.3) is 0 Å². The fraction of sp³-hybridized carbons (Fsp3) is 0.471. The van der Waals surface area contributed by atoms with Gasteiger partial charge in [0.2, 0.25) is 11.8 Å². The Morgan fingerprint density at radius 2 is 2.24 bits per heavy atom. The van der Waals surface area contributed by atoms with E-state index in [9.17, 15) is 9.59 Å². The number of hydrogen-bond acceptors (Lipinski definition) is 5. The number of likely N-dealkylation sites (tertiary alicyclic amines) is 1. The largest absolute Gasteiger partial charge is 0.352 e. The molecule has 8 heteroatoms. The van der Waals surface area contributed by atoms with Crippen LogP contribution in [0.15, 0.2) is 24.7 Å². The number of rotatable bonds is 5. The molecule has 1 atom stereocenters. The molecule has 0 bridgehead atoms. The summed E-state index contributed by atoms with van der Waals surface area (Å²) in [5, 5.41) is 6.89. The average molecular weight is 342 g/mol. The van der Waals surface area contributed by atoms with Gasteiger partial charge in [0.1, 0.15) is 12.4 Å². The van der Waals surface area contributed by atoms with Crippen LogP contribution in [0.2, 0.25) is 0 Å². The molecule has 2 aromatic rings. The van der Waals surface area contributed by atoms with Crippen LogP contribution in [0.3, 0.4) is 0 Å². The van der Waals surface area contributed by atoms with Gasteiger partial charge in [-0.2, -0.15) is 5.10 Å². The lowest BCUT2D eigenvalue weighted by atomic mass is 10.1. The van der Waals surface area contributed by atoms with Gasteiger partial charge in [-0.05, 0) is 25.8 Å². The molecule has 0 saturated carbocycles. The smallest absolute Gasteiger partial charge is 0.244 e. The standard InChI is InChI=1S/C17H22N6O2/c1-12-18-9-14(10-19-13(2)24)17(21-12)15-5-3-8-23(15)16(25)11-22-7-4-6-20-22/h4,6-7,9,15H,3,5,8,10-11H2,1-2H3,(H,19,24)/t15-/m0/s1. The van der Waals surface area contributed by atoms with E-state index in [-0.39, 0.29) is 24.4 Å². The highest BCUT2D eigenvalue weighted by Gasteiger charge is 2.32. The summed E-state index contributed by atoms with van der Waals surface area (Å²) in [5.74, 6) is 0.574. The third-order valence-corrected chi connectivity index (χ3v) is 4.29. The summed E-state index contributed by atoms with van der Waals surface area (Å²) >= 11 is 0. The van der Waals surface area contributed by atoms with Crippen molar-refractivity contribution >= 4 is 11.8 Å². The number of amides is 2. The minimum absolute atomic E-state index is 0.0212. The van der Waals surface area contributed by atoms with Crippen molar-refractivity contribution in [3.63, 3.8) is 0 Å². The summed E-state index contributed by atoms with van der Waals surface area (Å²) in [4.78, 5) is 34.6. The average Bonchev–Trinajstić information content (AvgIpc) is 3.24. The second-order valence-electron chi connectivity index (χ2n) is 6.19. The predicted octanol–water partition coefficient (Wildman–Crippen LogP) is 0.981. The fourth-order valence-corrected chi connectivity index (χ4v) is 3.13. The highest BCUT2D eigenvalue weighted by molar-refractivity contribution is 5.77. The van der Waals surface area contributed by atoms with Crippen LogP contribution >= 0.6 is 0 Å².